The molecule has 10 heteroatoms. The second kappa shape index (κ2) is 7.45. The van der Waals surface area contributed by atoms with Crippen molar-refractivity contribution in [3.05, 3.63) is 28.3 Å². The molecule has 130 valence electrons. The van der Waals surface area contributed by atoms with Crippen LogP contribution >= 0.6 is 12.4 Å². The van der Waals surface area contributed by atoms with Crippen molar-refractivity contribution >= 4 is 35.6 Å². The molecule has 0 aromatic heterocycles. The van der Waals surface area contributed by atoms with Gasteiger partial charge in [-0.1, -0.05) is 0 Å². The average Bonchev–Trinajstić information content (AvgIpc) is 2.57. The first-order valence-corrected chi connectivity index (χ1v) is 7.26. The van der Waals surface area contributed by atoms with Crippen LogP contribution in [0.1, 0.15) is 0 Å². The SMILES string of the molecule is Cl.O=C(CN1C(=O)COc2ccc([N+](=O)[O-])cc21)N1CCNCC1. The van der Waals surface area contributed by atoms with E-state index in [0.717, 1.165) is 0 Å². The van der Waals surface area contributed by atoms with Gasteiger partial charge < -0.3 is 15.0 Å². The Morgan fingerprint density at radius 1 is 1.33 bits per heavy atom. The third kappa shape index (κ3) is 3.57. The zero-order chi connectivity index (χ0) is 16.4. The van der Waals surface area contributed by atoms with Gasteiger partial charge >= 0.3 is 0 Å². The van der Waals surface area contributed by atoms with Crippen LogP contribution in [0, 0.1) is 10.1 Å². The highest BCUT2D eigenvalue weighted by Crippen LogP contribution is 2.35. The maximum atomic E-state index is 12.4. The van der Waals surface area contributed by atoms with Gasteiger partial charge in [0.05, 0.1) is 10.6 Å². The Morgan fingerprint density at radius 2 is 2.04 bits per heavy atom. The average molecular weight is 357 g/mol. The van der Waals surface area contributed by atoms with E-state index >= 15 is 0 Å². The summed E-state index contributed by atoms with van der Waals surface area (Å²) in [7, 11) is 0. The van der Waals surface area contributed by atoms with Crippen LogP contribution in [0.4, 0.5) is 11.4 Å². The molecule has 1 fully saturated rings. The molecule has 0 saturated carbocycles. The fraction of sp³-hybridized carbons (Fsp3) is 0.429. The molecule has 2 aliphatic heterocycles. The van der Waals surface area contributed by atoms with E-state index < -0.39 is 4.92 Å². The summed E-state index contributed by atoms with van der Waals surface area (Å²) in [5, 5.41) is 14.1. The van der Waals surface area contributed by atoms with Crippen molar-refractivity contribution in [3.63, 3.8) is 0 Å². The summed E-state index contributed by atoms with van der Waals surface area (Å²) in [6.07, 6.45) is 0. The zero-order valence-electron chi connectivity index (χ0n) is 12.8. The molecule has 0 aliphatic carbocycles. The van der Waals surface area contributed by atoms with Crippen molar-refractivity contribution in [2.24, 2.45) is 0 Å². The highest BCUT2D eigenvalue weighted by atomic mass is 35.5. The predicted molar refractivity (Wildman–Crippen MR) is 87.6 cm³/mol. The molecular weight excluding hydrogens is 340 g/mol. The van der Waals surface area contributed by atoms with Gasteiger partial charge in [-0.15, -0.1) is 12.4 Å². The number of fused-ring (bicyclic) bond motifs is 1. The number of nitrogens with zero attached hydrogens (tertiary/aromatic N) is 3. The van der Waals surface area contributed by atoms with Crippen LogP contribution < -0.4 is 15.0 Å². The van der Waals surface area contributed by atoms with Gasteiger partial charge in [-0.2, -0.15) is 0 Å². The summed E-state index contributed by atoms with van der Waals surface area (Å²) in [5.41, 5.74) is 0.112. The number of non-ortho nitro benzene ring substituents is 1. The number of benzene rings is 1. The molecule has 1 saturated heterocycles. The summed E-state index contributed by atoms with van der Waals surface area (Å²) in [6, 6.07) is 4.02. The second-order valence-electron chi connectivity index (χ2n) is 5.31. The fourth-order valence-electron chi connectivity index (χ4n) is 2.63. The maximum Gasteiger partial charge on any atom is 0.271 e. The molecular formula is C14H17ClN4O5. The molecule has 1 N–H and O–H groups in total. The number of carbonyl (C=O) groups excluding carboxylic acids is 2. The van der Waals surface area contributed by atoms with E-state index in [9.17, 15) is 19.7 Å². The van der Waals surface area contributed by atoms with Crippen LogP contribution in [0.5, 0.6) is 5.75 Å². The summed E-state index contributed by atoms with van der Waals surface area (Å²) in [6.45, 7) is 2.27. The van der Waals surface area contributed by atoms with Gasteiger partial charge in [0, 0.05) is 38.3 Å². The molecule has 24 heavy (non-hydrogen) atoms. The minimum Gasteiger partial charge on any atom is -0.482 e. The Hall–Kier alpha value is -2.39. The number of rotatable bonds is 3. The van der Waals surface area contributed by atoms with E-state index in [4.69, 9.17) is 4.74 Å². The number of anilines is 1. The Bertz CT molecular complexity index is 663. The number of amides is 2. The summed E-state index contributed by atoms with van der Waals surface area (Å²) < 4.78 is 5.28. The largest absolute Gasteiger partial charge is 0.482 e. The van der Waals surface area contributed by atoms with Crippen molar-refractivity contribution in [1.82, 2.24) is 10.2 Å². The molecule has 0 unspecified atom stereocenters. The summed E-state index contributed by atoms with van der Waals surface area (Å²) in [5.74, 6) is -0.205. The topological polar surface area (TPSA) is 105 Å². The Balaban J connectivity index is 0.00000208. The molecule has 2 aliphatic rings. The molecule has 2 amide bonds. The van der Waals surface area contributed by atoms with E-state index in [1.54, 1.807) is 4.90 Å². The first kappa shape index (κ1) is 18.0. The molecule has 0 spiro atoms. The van der Waals surface area contributed by atoms with E-state index in [1.165, 1.54) is 23.1 Å². The van der Waals surface area contributed by atoms with Crippen molar-refractivity contribution in [2.45, 2.75) is 0 Å². The first-order chi connectivity index (χ1) is 11.1. The number of halogens is 1. The lowest BCUT2D eigenvalue weighted by Crippen LogP contribution is -2.51. The lowest BCUT2D eigenvalue weighted by atomic mass is 10.2. The molecule has 0 radical (unpaired) electrons. The van der Waals surface area contributed by atoms with E-state index in [2.05, 4.69) is 5.32 Å². The zero-order valence-corrected chi connectivity index (χ0v) is 13.6. The van der Waals surface area contributed by atoms with Gasteiger partial charge in [-0.25, -0.2) is 0 Å². The lowest BCUT2D eigenvalue weighted by molar-refractivity contribution is -0.384. The minimum atomic E-state index is -0.546. The number of nitro benzene ring substituents is 1. The Labute approximate surface area is 144 Å². The molecule has 1 aromatic carbocycles. The quantitative estimate of drug-likeness (QED) is 0.611. The lowest BCUT2D eigenvalue weighted by Gasteiger charge is -2.32. The van der Waals surface area contributed by atoms with Crippen molar-refractivity contribution in [2.75, 3.05) is 44.2 Å². The standard InChI is InChI=1S/C14H16N4O5.ClH/c19-13(16-5-3-15-4-6-16)8-17-11-7-10(18(21)22)1-2-12(11)23-9-14(17)20;/h1-2,7,15H,3-6,8-9H2;1H. The smallest absolute Gasteiger partial charge is 0.271 e. The molecule has 9 nitrogen and oxygen atoms in total. The van der Waals surface area contributed by atoms with Crippen molar-refractivity contribution in [3.8, 4) is 5.75 Å². The van der Waals surface area contributed by atoms with Crippen LogP contribution in [0.3, 0.4) is 0 Å². The van der Waals surface area contributed by atoms with Crippen LogP contribution in [0.15, 0.2) is 18.2 Å². The van der Waals surface area contributed by atoms with Gasteiger partial charge in [0.2, 0.25) is 5.91 Å². The van der Waals surface area contributed by atoms with E-state index in [0.29, 0.717) is 31.9 Å². The molecule has 3 rings (SSSR count). The number of carbonyl (C=O) groups is 2. The van der Waals surface area contributed by atoms with Crippen LogP contribution in [-0.2, 0) is 9.59 Å². The van der Waals surface area contributed by atoms with Crippen LogP contribution in [-0.4, -0.2) is 61.0 Å². The molecule has 2 heterocycles. The monoisotopic (exact) mass is 356 g/mol. The maximum absolute atomic E-state index is 12.4. The molecule has 1 aromatic rings. The van der Waals surface area contributed by atoms with E-state index in [-0.39, 0.29) is 48.7 Å². The highest BCUT2D eigenvalue weighted by molar-refractivity contribution is 6.02. The molecule has 0 atom stereocenters. The van der Waals surface area contributed by atoms with Crippen LogP contribution in [0.2, 0.25) is 0 Å². The van der Waals surface area contributed by atoms with Crippen molar-refractivity contribution in [1.29, 1.82) is 0 Å². The van der Waals surface area contributed by atoms with Gasteiger partial charge in [0.15, 0.2) is 6.61 Å². The Morgan fingerprint density at radius 3 is 2.71 bits per heavy atom. The summed E-state index contributed by atoms with van der Waals surface area (Å²) >= 11 is 0. The third-order valence-corrected chi connectivity index (χ3v) is 3.86. The summed E-state index contributed by atoms with van der Waals surface area (Å²) in [4.78, 5) is 37.8. The number of ether oxygens (including phenoxy) is 1. The number of piperazine rings is 1. The Kier molecular flexibility index (Phi) is 5.58. The molecule has 0 bridgehead atoms. The van der Waals surface area contributed by atoms with Gasteiger partial charge in [-0.05, 0) is 6.07 Å². The third-order valence-electron chi connectivity index (χ3n) is 3.86. The van der Waals surface area contributed by atoms with Crippen molar-refractivity contribution < 1.29 is 19.2 Å². The van der Waals surface area contributed by atoms with Gasteiger partial charge in [0.1, 0.15) is 12.3 Å². The normalized spacial score (nSPS) is 16.8. The first-order valence-electron chi connectivity index (χ1n) is 7.26. The van der Waals surface area contributed by atoms with Gasteiger partial charge in [-0.3, -0.25) is 24.6 Å². The second-order valence-corrected chi connectivity index (χ2v) is 5.31. The van der Waals surface area contributed by atoms with Crippen LogP contribution in [0.25, 0.3) is 0 Å². The highest BCUT2D eigenvalue weighted by Gasteiger charge is 2.30. The number of nitrogens with one attached hydrogen (secondary N) is 1. The number of hydrogen-bond donors (Lipinski definition) is 1. The fourth-order valence-corrected chi connectivity index (χ4v) is 2.63. The minimum absolute atomic E-state index is 0. The van der Waals surface area contributed by atoms with Gasteiger partial charge in [0.25, 0.3) is 11.6 Å². The number of nitro groups is 1. The number of hydrogen-bond acceptors (Lipinski definition) is 6. The van der Waals surface area contributed by atoms with E-state index in [1.807, 2.05) is 0 Å². The predicted octanol–water partition coefficient (Wildman–Crippen LogP) is 0.174.